The number of hydrogen-bond donors (Lipinski definition) is 10. The van der Waals surface area contributed by atoms with E-state index < -0.39 is 94.2 Å². The lowest BCUT2D eigenvalue weighted by Crippen LogP contribution is -2.29. The lowest BCUT2D eigenvalue weighted by molar-refractivity contribution is -0.154. The number of aromatic nitrogens is 4. The predicted octanol–water partition coefficient (Wildman–Crippen LogP) is 9.19. The number of aromatic carboxylic acids is 4. The number of hydrogen-bond acceptors (Lipinski definition) is 10. The molecule has 0 aliphatic heterocycles. The van der Waals surface area contributed by atoms with E-state index in [4.69, 9.17) is 20.4 Å². The molecule has 0 spiro atoms. The fourth-order valence-electron chi connectivity index (χ4n) is 8.88. The highest BCUT2D eigenvalue weighted by molar-refractivity contribution is 6.40. The maximum absolute atomic E-state index is 12.3. The second-order valence-corrected chi connectivity index (χ2v) is 16.4. The summed E-state index contributed by atoms with van der Waals surface area (Å²) in [6.07, 6.45) is 4.04. The van der Waals surface area contributed by atoms with Gasteiger partial charge >= 0.3 is 47.8 Å². The summed E-state index contributed by atoms with van der Waals surface area (Å²) in [5.41, 5.74) is 1.31. The van der Waals surface area contributed by atoms with Crippen molar-refractivity contribution in [1.82, 2.24) is 19.9 Å². The average molecular weight is 983 g/mol. The van der Waals surface area contributed by atoms with Crippen molar-refractivity contribution >= 4 is 113 Å². The lowest BCUT2D eigenvalue weighted by Gasteiger charge is -2.20. The van der Waals surface area contributed by atoms with Crippen LogP contribution in [0.15, 0.2) is 110 Å². The molecule has 9 aromatic rings. The molecule has 10 N–H and O–H groups in total. The van der Waals surface area contributed by atoms with Crippen LogP contribution in [0.2, 0.25) is 0 Å². The normalized spacial score (nSPS) is 12.2. The molecular formula is C52H46N4O16. The number of aromatic amines is 2. The van der Waals surface area contributed by atoms with E-state index in [-0.39, 0.29) is 35.4 Å². The first kappa shape index (κ1) is 51.9. The van der Waals surface area contributed by atoms with Crippen molar-refractivity contribution in [1.29, 1.82) is 0 Å². The number of rotatable bonds is 16. The topological polar surface area (TPSA) is 356 Å². The molecular weight excluding hydrogens is 937 g/mol. The molecule has 3 unspecified atom stereocenters. The fraction of sp³-hybridized carbons (Fsp3) is 0.192. The predicted molar refractivity (Wildman–Crippen MR) is 262 cm³/mol. The van der Waals surface area contributed by atoms with Crippen LogP contribution < -0.4 is 0 Å². The van der Waals surface area contributed by atoms with Gasteiger partial charge in [0.2, 0.25) is 0 Å². The van der Waals surface area contributed by atoms with E-state index >= 15 is 0 Å². The third-order valence-electron chi connectivity index (χ3n) is 12.1. The Morgan fingerprint density at radius 2 is 0.972 bits per heavy atom. The molecule has 0 saturated carbocycles. The van der Waals surface area contributed by atoms with Crippen LogP contribution in [0.5, 0.6) is 0 Å². The van der Waals surface area contributed by atoms with Gasteiger partial charge in [-0.3, -0.25) is 19.2 Å². The molecule has 7 aromatic carbocycles. The number of para-hydroxylation sites is 4. The molecule has 0 aliphatic carbocycles. The van der Waals surface area contributed by atoms with E-state index in [9.17, 15) is 58.8 Å². The van der Waals surface area contributed by atoms with Gasteiger partial charge in [-0.25, -0.2) is 29.1 Å². The molecule has 0 aliphatic rings. The summed E-state index contributed by atoms with van der Waals surface area (Å²) in [7, 11) is 0. The smallest absolute Gasteiger partial charge is 0.337 e. The van der Waals surface area contributed by atoms with Crippen molar-refractivity contribution in [2.24, 2.45) is 17.8 Å². The van der Waals surface area contributed by atoms with E-state index in [1.54, 1.807) is 43.8 Å². The maximum atomic E-state index is 12.3. The zero-order chi connectivity index (χ0) is 52.4. The quantitative estimate of drug-likeness (QED) is 0.0245. The summed E-state index contributed by atoms with van der Waals surface area (Å²) in [6, 6.07) is 29.1. The number of carboxylic acid groups (broad SMARTS) is 8. The first-order chi connectivity index (χ1) is 34.4. The molecule has 370 valence electrons. The van der Waals surface area contributed by atoms with Crippen molar-refractivity contribution in [3.63, 3.8) is 0 Å². The first-order valence-corrected chi connectivity index (χ1v) is 22.2. The average Bonchev–Trinajstić information content (AvgIpc) is 4.03. The Labute approximate surface area is 406 Å². The van der Waals surface area contributed by atoms with Gasteiger partial charge in [0, 0.05) is 16.2 Å². The van der Waals surface area contributed by atoms with E-state index in [0.29, 0.717) is 34.4 Å². The van der Waals surface area contributed by atoms with Crippen molar-refractivity contribution in [3.8, 4) is 0 Å². The number of benzene rings is 7. The molecule has 0 bridgehead atoms. The van der Waals surface area contributed by atoms with Gasteiger partial charge in [0.15, 0.2) is 0 Å². The van der Waals surface area contributed by atoms with Gasteiger partial charge in [-0.15, -0.1) is 0 Å². The highest BCUT2D eigenvalue weighted by Gasteiger charge is 2.34. The highest BCUT2D eigenvalue weighted by Crippen LogP contribution is 2.45. The molecule has 0 radical (unpaired) electrons. The second kappa shape index (κ2) is 22.8. The summed E-state index contributed by atoms with van der Waals surface area (Å²) in [5, 5.41) is 77.9. The van der Waals surface area contributed by atoms with Crippen LogP contribution in [0.3, 0.4) is 0 Å². The molecule has 20 heteroatoms. The first-order valence-electron chi connectivity index (χ1n) is 22.2. The van der Waals surface area contributed by atoms with Crippen molar-refractivity contribution in [2.45, 2.75) is 45.4 Å². The maximum Gasteiger partial charge on any atom is 0.337 e. The number of nitrogens with one attached hydrogen (secondary N) is 2. The number of carboxylic acids is 8. The van der Waals surface area contributed by atoms with Gasteiger partial charge in [0.25, 0.3) is 0 Å². The van der Waals surface area contributed by atoms with Gasteiger partial charge in [-0.05, 0) is 76.5 Å². The third kappa shape index (κ3) is 11.2. The Balaban J connectivity index is 0.000000180. The summed E-state index contributed by atoms with van der Waals surface area (Å²) < 4.78 is 0. The monoisotopic (exact) mass is 982 g/mol. The highest BCUT2D eigenvalue weighted by atomic mass is 16.4. The summed E-state index contributed by atoms with van der Waals surface area (Å²) in [4.78, 5) is 106. The number of aliphatic carboxylic acids is 4. The SMILES string of the molecule is CCC(C(=O)O)C(CCCCC(CC(=O)O)C(=O)O)C(=O)O.O=C(O)c1c(C(=O)O)c2c(C(=O)O)ccc3c4cccc5cccc(c(c1C(=O)O)c23)c54.c1ccc2[nH]cnc2c1.c1ccc2[nH]cnc2c1. The Morgan fingerprint density at radius 1 is 0.472 bits per heavy atom. The summed E-state index contributed by atoms with van der Waals surface area (Å²) >= 11 is 0. The van der Waals surface area contributed by atoms with E-state index in [1.807, 2.05) is 60.7 Å². The van der Waals surface area contributed by atoms with Crippen LogP contribution in [0.25, 0.3) is 65.2 Å². The van der Waals surface area contributed by atoms with Crippen molar-refractivity contribution < 1.29 is 79.2 Å². The van der Waals surface area contributed by atoms with E-state index in [1.165, 1.54) is 12.1 Å². The minimum atomic E-state index is -1.77. The van der Waals surface area contributed by atoms with E-state index in [0.717, 1.165) is 27.5 Å². The van der Waals surface area contributed by atoms with Crippen molar-refractivity contribution in [3.05, 3.63) is 132 Å². The minimum absolute atomic E-state index is 0.00250. The van der Waals surface area contributed by atoms with Crippen LogP contribution >= 0.6 is 0 Å². The van der Waals surface area contributed by atoms with Crippen LogP contribution in [-0.4, -0.2) is 109 Å². The van der Waals surface area contributed by atoms with Gasteiger partial charge in [-0.1, -0.05) is 86.5 Å². The molecule has 0 amide bonds. The Hall–Kier alpha value is -9.46. The van der Waals surface area contributed by atoms with Crippen LogP contribution in [0, 0.1) is 17.8 Å². The summed E-state index contributed by atoms with van der Waals surface area (Å²) in [5.74, 6) is -14.3. The largest absolute Gasteiger partial charge is 0.481 e. The number of fused-ring (bicyclic) bond motifs is 4. The van der Waals surface area contributed by atoms with Crippen LogP contribution in [0.1, 0.15) is 86.9 Å². The molecule has 2 aromatic heterocycles. The van der Waals surface area contributed by atoms with Gasteiger partial charge < -0.3 is 50.8 Å². The fourth-order valence-corrected chi connectivity index (χ4v) is 8.88. The number of imidazole rings is 2. The molecule has 0 fully saturated rings. The Morgan fingerprint density at radius 3 is 1.44 bits per heavy atom. The van der Waals surface area contributed by atoms with Gasteiger partial charge in [-0.2, -0.15) is 0 Å². The standard InChI is InChI=1S/C24H12O8.C14H22O8.2C7H6N2/c25-21(26)13-8-7-11-10-5-1-3-9-4-2-6-12(14(9)10)16-15(11)17(13)19(23(29)30)20(24(31)32)18(16)22(27)28;1-2-9(13(19)20)10(14(21)22)6-4-3-5-8(12(17)18)7-11(15)16;2*1-2-4-7-6(3-1)8-5-9-7/h1-8H,(H,25,26)(H,27,28)(H,29,30)(H,31,32);8-10H,2-7H2,1H3,(H,15,16)(H,17,18)(H,19,20)(H,21,22);2*1-5H,(H,8,9). The molecule has 20 nitrogen and oxygen atoms in total. The van der Waals surface area contributed by atoms with Gasteiger partial charge in [0.05, 0.1) is 81.1 Å². The second-order valence-electron chi connectivity index (χ2n) is 16.4. The summed E-state index contributed by atoms with van der Waals surface area (Å²) in [6.45, 7) is 1.60. The van der Waals surface area contributed by atoms with Gasteiger partial charge in [0.1, 0.15) is 0 Å². The molecule has 3 atom stereocenters. The molecule has 0 saturated heterocycles. The third-order valence-corrected chi connectivity index (χ3v) is 12.1. The zero-order valence-corrected chi connectivity index (χ0v) is 38.1. The van der Waals surface area contributed by atoms with Crippen molar-refractivity contribution in [2.75, 3.05) is 0 Å². The zero-order valence-electron chi connectivity index (χ0n) is 38.1. The molecule has 72 heavy (non-hydrogen) atoms. The minimum Gasteiger partial charge on any atom is -0.481 e. The lowest BCUT2D eigenvalue weighted by atomic mass is 9.81. The number of unbranched alkanes of at least 4 members (excludes halogenated alkanes) is 1. The molecule has 9 rings (SSSR count). The number of nitrogens with zero attached hydrogens (tertiary/aromatic N) is 2. The number of H-pyrrole nitrogens is 2. The van der Waals surface area contributed by atoms with Crippen LogP contribution in [-0.2, 0) is 19.2 Å². The number of carbonyl (C=O) groups is 8. The Kier molecular flexibility index (Phi) is 16.4. The van der Waals surface area contributed by atoms with E-state index in [2.05, 4.69) is 19.9 Å². The molecule has 2 heterocycles. The van der Waals surface area contributed by atoms with Crippen LogP contribution in [0.4, 0.5) is 0 Å². The Bertz CT molecular complexity index is 3390.